The molecule has 7 heteroatoms. The molecule has 0 bridgehead atoms. The Morgan fingerprint density at radius 1 is 1.29 bits per heavy atom. The summed E-state index contributed by atoms with van der Waals surface area (Å²) in [6.07, 6.45) is -0.787. The van der Waals surface area contributed by atoms with E-state index in [1.807, 2.05) is 37.3 Å². The summed E-state index contributed by atoms with van der Waals surface area (Å²) in [7, 11) is 3.45. The third kappa shape index (κ3) is 3.03. The van der Waals surface area contributed by atoms with Crippen molar-refractivity contribution in [2.75, 3.05) is 19.0 Å². The van der Waals surface area contributed by atoms with Crippen molar-refractivity contribution in [3.63, 3.8) is 0 Å². The van der Waals surface area contributed by atoms with Crippen LogP contribution in [0.1, 0.15) is 17.3 Å². The lowest BCUT2D eigenvalue weighted by Gasteiger charge is -2.38. The Balaban J connectivity index is 1.87. The highest BCUT2D eigenvalue weighted by Crippen LogP contribution is 2.29. The molecule has 7 nitrogen and oxygen atoms in total. The van der Waals surface area contributed by atoms with Gasteiger partial charge in [0.1, 0.15) is 12.4 Å². The number of nitrogens with one attached hydrogen (secondary N) is 1. The second-order valence-electron chi connectivity index (χ2n) is 5.88. The summed E-state index contributed by atoms with van der Waals surface area (Å²) in [6, 6.07) is 10.7. The first-order valence-corrected chi connectivity index (χ1v) is 7.71. The van der Waals surface area contributed by atoms with Gasteiger partial charge in [0.25, 0.3) is 5.91 Å². The van der Waals surface area contributed by atoms with Gasteiger partial charge in [0.2, 0.25) is 5.91 Å². The van der Waals surface area contributed by atoms with Crippen LogP contribution in [0.5, 0.6) is 0 Å². The summed E-state index contributed by atoms with van der Waals surface area (Å²) >= 11 is 0. The number of morpholine rings is 1. The van der Waals surface area contributed by atoms with Gasteiger partial charge >= 0.3 is 0 Å². The molecule has 1 aliphatic heterocycles. The van der Waals surface area contributed by atoms with Crippen molar-refractivity contribution in [2.45, 2.75) is 19.1 Å². The second-order valence-corrected chi connectivity index (χ2v) is 5.88. The molecule has 24 heavy (non-hydrogen) atoms. The minimum atomic E-state index is -0.787. The normalized spacial score (nSPS) is 21.0. The maximum absolute atomic E-state index is 12.7. The van der Waals surface area contributed by atoms with Crippen molar-refractivity contribution in [2.24, 2.45) is 7.05 Å². The van der Waals surface area contributed by atoms with E-state index in [2.05, 4.69) is 10.4 Å². The molecule has 3 rings (SSSR count). The zero-order chi connectivity index (χ0) is 17.3. The fourth-order valence-corrected chi connectivity index (χ4v) is 2.90. The fourth-order valence-electron chi connectivity index (χ4n) is 2.90. The number of nitrogens with zero attached hydrogens (tertiary/aromatic N) is 3. The third-order valence-electron chi connectivity index (χ3n) is 4.14. The van der Waals surface area contributed by atoms with Gasteiger partial charge in [-0.15, -0.1) is 0 Å². The maximum Gasteiger partial charge on any atom is 0.257 e. The summed E-state index contributed by atoms with van der Waals surface area (Å²) in [5.41, 5.74) is 1.67. The maximum atomic E-state index is 12.7. The predicted octanol–water partition coefficient (Wildman–Crippen LogP) is 1.27. The van der Waals surface area contributed by atoms with Crippen LogP contribution in [-0.4, -0.2) is 46.3 Å². The molecule has 1 aliphatic rings. The molecule has 1 N–H and O–H groups in total. The molecular formula is C17H20N4O3. The van der Waals surface area contributed by atoms with Gasteiger partial charge in [0, 0.05) is 20.2 Å². The van der Waals surface area contributed by atoms with Crippen molar-refractivity contribution < 1.29 is 14.3 Å². The number of ether oxygens (including phenoxy) is 1. The fraction of sp³-hybridized carbons (Fsp3) is 0.353. The van der Waals surface area contributed by atoms with E-state index < -0.39 is 12.1 Å². The standard InChI is InChI=1S/C17H20N4O3/c1-11-9-13(21(3)19-11)18-17(23)16-15(12-7-5-4-6-8-12)20(2)14(22)10-24-16/h4-9,15-16H,10H2,1-3H3,(H,18,23)/t15-,16-/m0/s1. The van der Waals surface area contributed by atoms with E-state index >= 15 is 0 Å². The average Bonchev–Trinajstić information content (AvgIpc) is 2.88. The third-order valence-corrected chi connectivity index (χ3v) is 4.14. The number of likely N-dealkylation sites (N-methyl/N-ethyl adjacent to an activating group) is 1. The van der Waals surface area contributed by atoms with Crippen molar-refractivity contribution in [3.05, 3.63) is 47.7 Å². The highest BCUT2D eigenvalue weighted by Gasteiger charge is 2.40. The van der Waals surface area contributed by atoms with E-state index in [0.29, 0.717) is 5.82 Å². The van der Waals surface area contributed by atoms with Crippen LogP contribution in [0.4, 0.5) is 5.82 Å². The van der Waals surface area contributed by atoms with Gasteiger partial charge in [-0.05, 0) is 12.5 Å². The van der Waals surface area contributed by atoms with Crippen LogP contribution in [0.25, 0.3) is 0 Å². The number of hydrogen-bond acceptors (Lipinski definition) is 4. The molecule has 2 atom stereocenters. The van der Waals surface area contributed by atoms with E-state index in [1.54, 1.807) is 29.7 Å². The van der Waals surface area contributed by atoms with E-state index in [0.717, 1.165) is 11.3 Å². The number of carbonyl (C=O) groups excluding carboxylic acids is 2. The summed E-state index contributed by atoms with van der Waals surface area (Å²) in [5.74, 6) is 0.142. The van der Waals surface area contributed by atoms with Crippen LogP contribution >= 0.6 is 0 Å². The van der Waals surface area contributed by atoms with Crippen LogP contribution in [-0.2, 0) is 21.4 Å². The Morgan fingerprint density at radius 2 is 2.00 bits per heavy atom. The molecule has 2 aromatic rings. The summed E-state index contributed by atoms with van der Waals surface area (Å²) in [5, 5.41) is 7.04. The lowest BCUT2D eigenvalue weighted by Crippen LogP contribution is -2.51. The van der Waals surface area contributed by atoms with Crippen molar-refractivity contribution in [1.29, 1.82) is 0 Å². The molecular weight excluding hydrogens is 308 g/mol. The van der Waals surface area contributed by atoms with Gasteiger partial charge in [-0.25, -0.2) is 0 Å². The molecule has 0 unspecified atom stereocenters. The molecule has 0 spiro atoms. The largest absolute Gasteiger partial charge is 0.356 e. The molecule has 0 aliphatic carbocycles. The van der Waals surface area contributed by atoms with Crippen LogP contribution in [0, 0.1) is 6.92 Å². The van der Waals surface area contributed by atoms with E-state index in [1.165, 1.54) is 0 Å². The first-order valence-electron chi connectivity index (χ1n) is 7.71. The first kappa shape index (κ1) is 16.2. The summed E-state index contributed by atoms with van der Waals surface area (Å²) < 4.78 is 7.18. The van der Waals surface area contributed by atoms with Gasteiger partial charge in [-0.2, -0.15) is 5.10 Å². The van der Waals surface area contributed by atoms with Gasteiger partial charge < -0.3 is 15.0 Å². The number of aryl methyl sites for hydroxylation is 2. The first-order chi connectivity index (χ1) is 11.5. The van der Waals surface area contributed by atoms with Gasteiger partial charge in [0.05, 0.1) is 11.7 Å². The van der Waals surface area contributed by atoms with E-state index in [9.17, 15) is 9.59 Å². The number of rotatable bonds is 3. The molecule has 1 aromatic heterocycles. The Morgan fingerprint density at radius 3 is 2.62 bits per heavy atom. The van der Waals surface area contributed by atoms with Crippen molar-refractivity contribution in [1.82, 2.24) is 14.7 Å². The molecule has 2 amide bonds. The van der Waals surface area contributed by atoms with Crippen molar-refractivity contribution >= 4 is 17.6 Å². The molecule has 2 heterocycles. The molecule has 126 valence electrons. The Bertz CT molecular complexity index is 756. The molecule has 1 saturated heterocycles. The quantitative estimate of drug-likeness (QED) is 0.920. The number of benzene rings is 1. The molecule has 0 saturated carbocycles. The highest BCUT2D eigenvalue weighted by atomic mass is 16.5. The summed E-state index contributed by atoms with van der Waals surface area (Å²) in [6.45, 7) is 1.74. The molecule has 0 radical (unpaired) electrons. The van der Waals surface area contributed by atoms with Gasteiger partial charge in [0.15, 0.2) is 6.10 Å². The van der Waals surface area contributed by atoms with Crippen LogP contribution in [0.3, 0.4) is 0 Å². The highest BCUT2D eigenvalue weighted by molar-refractivity contribution is 5.95. The Hall–Kier alpha value is -2.67. The van der Waals surface area contributed by atoms with Crippen LogP contribution in [0.15, 0.2) is 36.4 Å². The zero-order valence-corrected chi connectivity index (χ0v) is 13.9. The van der Waals surface area contributed by atoms with E-state index in [4.69, 9.17) is 4.74 Å². The minimum absolute atomic E-state index is 0.109. The average molecular weight is 328 g/mol. The SMILES string of the molecule is Cc1cc(NC(=O)[C@H]2OCC(=O)N(C)[C@H]2c2ccccc2)n(C)n1. The number of carbonyl (C=O) groups is 2. The number of anilines is 1. The monoisotopic (exact) mass is 328 g/mol. The van der Waals surface area contributed by atoms with Crippen LogP contribution < -0.4 is 5.32 Å². The van der Waals surface area contributed by atoms with E-state index in [-0.39, 0.29) is 18.4 Å². The van der Waals surface area contributed by atoms with Crippen LogP contribution in [0.2, 0.25) is 0 Å². The number of hydrogen-bond donors (Lipinski definition) is 1. The van der Waals surface area contributed by atoms with Crippen molar-refractivity contribution in [3.8, 4) is 0 Å². The molecule has 1 fully saturated rings. The lowest BCUT2D eigenvalue weighted by molar-refractivity contribution is -0.160. The molecule has 1 aromatic carbocycles. The predicted molar refractivity (Wildman–Crippen MR) is 88.3 cm³/mol. The van der Waals surface area contributed by atoms with Gasteiger partial charge in [-0.3, -0.25) is 14.3 Å². The smallest absolute Gasteiger partial charge is 0.257 e. The number of amides is 2. The Labute approximate surface area is 140 Å². The zero-order valence-electron chi connectivity index (χ0n) is 13.9. The topological polar surface area (TPSA) is 76.5 Å². The Kier molecular flexibility index (Phi) is 4.35. The minimum Gasteiger partial charge on any atom is -0.356 e. The lowest BCUT2D eigenvalue weighted by atomic mass is 9.97. The summed E-state index contributed by atoms with van der Waals surface area (Å²) in [4.78, 5) is 26.3. The second kappa shape index (κ2) is 6.45. The van der Waals surface area contributed by atoms with Gasteiger partial charge in [-0.1, -0.05) is 30.3 Å². The number of aromatic nitrogens is 2.